The smallest absolute Gasteiger partial charge is 0.164 e. The van der Waals surface area contributed by atoms with Gasteiger partial charge in [-0.05, 0) is 17.7 Å². The minimum atomic E-state index is -1.20. The van der Waals surface area contributed by atoms with E-state index in [2.05, 4.69) is 0 Å². The molecule has 3 nitrogen and oxygen atoms in total. The third-order valence-electron chi connectivity index (χ3n) is 2.01. The van der Waals surface area contributed by atoms with E-state index in [9.17, 15) is 13.9 Å². The van der Waals surface area contributed by atoms with Crippen LogP contribution in [0.2, 0.25) is 0 Å². The van der Waals surface area contributed by atoms with Crippen molar-refractivity contribution >= 4 is 0 Å². The molecule has 0 radical (unpaired) electrons. The predicted molar refractivity (Wildman–Crippen MR) is 51.1 cm³/mol. The molecule has 0 fully saturated rings. The number of rotatable bonds is 4. The molecule has 1 aromatic rings. The molecule has 0 saturated heterocycles. The summed E-state index contributed by atoms with van der Waals surface area (Å²) in [5.74, 6) is -2.07. The highest BCUT2D eigenvalue weighted by atomic mass is 19.2. The zero-order chi connectivity index (χ0) is 11.4. The molecule has 0 heterocycles. The van der Waals surface area contributed by atoms with E-state index in [-0.39, 0.29) is 18.7 Å². The summed E-state index contributed by atoms with van der Waals surface area (Å²) in [5, 5.41) is 9.35. The van der Waals surface area contributed by atoms with Gasteiger partial charge in [-0.15, -0.1) is 0 Å². The second-order valence-electron chi connectivity index (χ2n) is 3.17. The lowest BCUT2D eigenvalue weighted by Gasteiger charge is -2.11. The number of ether oxygens (including phenoxy) is 1. The van der Waals surface area contributed by atoms with Gasteiger partial charge in [-0.1, -0.05) is 0 Å². The molecule has 1 rings (SSSR count). The van der Waals surface area contributed by atoms with Crippen LogP contribution in [0.15, 0.2) is 12.1 Å². The number of halogens is 2. The first-order valence-electron chi connectivity index (χ1n) is 4.45. The Morgan fingerprint density at radius 3 is 2.67 bits per heavy atom. The fourth-order valence-electron chi connectivity index (χ4n) is 1.29. The third kappa shape index (κ3) is 2.71. The van der Waals surface area contributed by atoms with E-state index in [0.29, 0.717) is 5.56 Å². The van der Waals surface area contributed by atoms with Crippen molar-refractivity contribution in [1.82, 2.24) is 0 Å². The van der Waals surface area contributed by atoms with E-state index in [1.165, 1.54) is 13.2 Å². The first kappa shape index (κ1) is 12.0. The van der Waals surface area contributed by atoms with Crippen LogP contribution < -0.4 is 5.73 Å². The summed E-state index contributed by atoms with van der Waals surface area (Å²) in [6, 6.07) is 2.38. The standard InChI is InChI=1S/C10H13F2NO2/c1-15-5-6-2-7(9(14)4-13)10(12)8(11)3-6/h2-3,9,14H,4-5,13H2,1H3. The quantitative estimate of drug-likeness (QED) is 0.794. The Morgan fingerprint density at radius 2 is 2.13 bits per heavy atom. The average Bonchev–Trinajstić information content (AvgIpc) is 2.22. The van der Waals surface area contributed by atoms with Crippen molar-refractivity contribution in [2.75, 3.05) is 13.7 Å². The molecule has 0 spiro atoms. The summed E-state index contributed by atoms with van der Waals surface area (Å²) in [6.07, 6.45) is -1.20. The lowest BCUT2D eigenvalue weighted by Crippen LogP contribution is -2.14. The monoisotopic (exact) mass is 217 g/mol. The predicted octanol–water partition coefficient (Wildman–Crippen LogP) is 1.10. The Bertz CT molecular complexity index is 344. The number of hydrogen-bond acceptors (Lipinski definition) is 3. The van der Waals surface area contributed by atoms with Gasteiger partial charge in [0.05, 0.1) is 12.7 Å². The van der Waals surface area contributed by atoms with Crippen molar-refractivity contribution in [1.29, 1.82) is 0 Å². The fraction of sp³-hybridized carbons (Fsp3) is 0.400. The Labute approximate surface area is 86.5 Å². The summed E-state index contributed by atoms with van der Waals surface area (Å²) >= 11 is 0. The molecule has 1 unspecified atom stereocenters. The minimum absolute atomic E-state index is 0.135. The molecule has 0 aliphatic rings. The van der Waals surface area contributed by atoms with E-state index >= 15 is 0 Å². The number of benzene rings is 1. The number of hydrogen-bond donors (Lipinski definition) is 2. The topological polar surface area (TPSA) is 55.5 Å². The molecule has 84 valence electrons. The molecular weight excluding hydrogens is 204 g/mol. The number of aliphatic hydroxyl groups is 1. The Balaban J connectivity index is 3.12. The van der Waals surface area contributed by atoms with Crippen LogP contribution in [0.5, 0.6) is 0 Å². The molecule has 0 aliphatic heterocycles. The highest BCUT2D eigenvalue weighted by Gasteiger charge is 2.16. The summed E-state index contributed by atoms with van der Waals surface area (Å²) in [6.45, 7) is -0.00567. The van der Waals surface area contributed by atoms with Gasteiger partial charge in [0.25, 0.3) is 0 Å². The lowest BCUT2D eigenvalue weighted by atomic mass is 10.1. The van der Waals surface area contributed by atoms with Crippen molar-refractivity contribution in [2.45, 2.75) is 12.7 Å². The third-order valence-corrected chi connectivity index (χ3v) is 2.01. The maximum absolute atomic E-state index is 13.2. The van der Waals surface area contributed by atoms with Crippen LogP contribution in [0.25, 0.3) is 0 Å². The second kappa shape index (κ2) is 5.16. The Hall–Kier alpha value is -1.04. The second-order valence-corrected chi connectivity index (χ2v) is 3.17. The van der Waals surface area contributed by atoms with Crippen LogP contribution in [-0.4, -0.2) is 18.8 Å². The van der Waals surface area contributed by atoms with Gasteiger partial charge in [0.1, 0.15) is 0 Å². The van der Waals surface area contributed by atoms with Crippen molar-refractivity contribution < 1.29 is 18.6 Å². The van der Waals surface area contributed by atoms with Gasteiger partial charge in [-0.2, -0.15) is 0 Å². The van der Waals surface area contributed by atoms with Crippen molar-refractivity contribution in [3.8, 4) is 0 Å². The zero-order valence-corrected chi connectivity index (χ0v) is 8.34. The molecule has 15 heavy (non-hydrogen) atoms. The van der Waals surface area contributed by atoms with Crippen LogP contribution in [-0.2, 0) is 11.3 Å². The molecule has 3 N–H and O–H groups in total. The maximum Gasteiger partial charge on any atom is 0.164 e. The van der Waals surface area contributed by atoms with Crippen LogP contribution >= 0.6 is 0 Å². The minimum Gasteiger partial charge on any atom is -0.387 e. The van der Waals surface area contributed by atoms with Crippen molar-refractivity contribution in [2.24, 2.45) is 5.73 Å². The Kier molecular flexibility index (Phi) is 4.14. The molecule has 5 heteroatoms. The molecular formula is C10H13F2NO2. The van der Waals surface area contributed by atoms with Crippen molar-refractivity contribution in [3.63, 3.8) is 0 Å². The van der Waals surface area contributed by atoms with Crippen molar-refractivity contribution in [3.05, 3.63) is 34.9 Å². The van der Waals surface area contributed by atoms with Crippen LogP contribution in [0.3, 0.4) is 0 Å². The van der Waals surface area contributed by atoms with E-state index in [4.69, 9.17) is 10.5 Å². The lowest BCUT2D eigenvalue weighted by molar-refractivity contribution is 0.175. The molecule has 0 amide bonds. The maximum atomic E-state index is 13.2. The summed E-state index contributed by atoms with van der Waals surface area (Å²) in [7, 11) is 1.44. The molecule has 1 atom stereocenters. The largest absolute Gasteiger partial charge is 0.387 e. The summed E-state index contributed by atoms with van der Waals surface area (Å²) in [4.78, 5) is 0. The molecule has 0 aromatic heterocycles. The van der Waals surface area contributed by atoms with Gasteiger partial charge < -0.3 is 15.6 Å². The summed E-state index contributed by atoms with van der Waals surface area (Å²) in [5.41, 5.74) is 5.50. The van der Waals surface area contributed by atoms with E-state index in [1.807, 2.05) is 0 Å². The fourth-order valence-corrected chi connectivity index (χ4v) is 1.29. The van der Waals surface area contributed by atoms with Gasteiger partial charge in [-0.25, -0.2) is 8.78 Å². The van der Waals surface area contributed by atoms with Gasteiger partial charge in [-0.3, -0.25) is 0 Å². The van der Waals surface area contributed by atoms with Gasteiger partial charge in [0, 0.05) is 19.2 Å². The molecule has 0 bridgehead atoms. The summed E-state index contributed by atoms with van der Waals surface area (Å²) < 4.78 is 31.1. The van der Waals surface area contributed by atoms with E-state index in [1.54, 1.807) is 0 Å². The van der Waals surface area contributed by atoms with Gasteiger partial charge in [0.15, 0.2) is 11.6 Å². The number of nitrogens with two attached hydrogens (primary N) is 1. The SMILES string of the molecule is COCc1cc(F)c(F)c(C(O)CN)c1. The van der Waals surface area contributed by atoms with Gasteiger partial charge in [0.2, 0.25) is 0 Å². The number of methoxy groups -OCH3 is 1. The number of aliphatic hydroxyl groups excluding tert-OH is 1. The Morgan fingerprint density at radius 1 is 1.47 bits per heavy atom. The van der Waals surface area contributed by atoms with Crippen LogP contribution in [0.4, 0.5) is 8.78 Å². The average molecular weight is 217 g/mol. The molecule has 0 saturated carbocycles. The van der Waals surface area contributed by atoms with E-state index in [0.717, 1.165) is 6.07 Å². The highest BCUT2D eigenvalue weighted by Crippen LogP contribution is 2.21. The molecule has 0 aliphatic carbocycles. The normalized spacial score (nSPS) is 12.9. The van der Waals surface area contributed by atoms with Crippen LogP contribution in [0, 0.1) is 11.6 Å². The first-order chi connectivity index (χ1) is 7.10. The van der Waals surface area contributed by atoms with E-state index < -0.39 is 17.7 Å². The molecule has 1 aromatic carbocycles. The van der Waals surface area contributed by atoms with Crippen LogP contribution in [0.1, 0.15) is 17.2 Å². The zero-order valence-electron chi connectivity index (χ0n) is 8.34. The highest BCUT2D eigenvalue weighted by molar-refractivity contribution is 5.28. The van der Waals surface area contributed by atoms with Gasteiger partial charge >= 0.3 is 0 Å². The first-order valence-corrected chi connectivity index (χ1v) is 4.45.